The summed E-state index contributed by atoms with van der Waals surface area (Å²) in [4.78, 5) is 12.2. The van der Waals surface area contributed by atoms with Gasteiger partial charge in [0, 0.05) is 19.2 Å². The minimum Gasteiger partial charge on any atom is -0.391 e. The number of anilines is 3. The fraction of sp³-hybridized carbons (Fsp3) is 0.500. The molecule has 0 bridgehead atoms. The largest absolute Gasteiger partial charge is 0.391 e. The third kappa shape index (κ3) is 2.60. The van der Waals surface area contributed by atoms with E-state index in [0.29, 0.717) is 18.2 Å². The van der Waals surface area contributed by atoms with Gasteiger partial charge in [-0.1, -0.05) is 5.21 Å². The van der Waals surface area contributed by atoms with Crippen LogP contribution in [-0.2, 0) is 5.54 Å². The number of aromatic nitrogens is 6. The SMILES string of the molecule is CC1(n2cc(Nc3nc(NCC4CC4)c4cc[nH]c4n3)nn2)CC1O. The Balaban J connectivity index is 1.40. The summed E-state index contributed by atoms with van der Waals surface area (Å²) in [5.41, 5.74) is 0.418. The molecule has 2 atom stereocenters. The van der Waals surface area contributed by atoms with Gasteiger partial charge in [0.1, 0.15) is 11.5 Å². The number of rotatable bonds is 6. The number of nitrogens with one attached hydrogen (secondary N) is 3. The van der Waals surface area contributed by atoms with Crippen LogP contribution in [0.4, 0.5) is 17.6 Å². The lowest BCUT2D eigenvalue weighted by Crippen LogP contribution is -2.18. The summed E-state index contributed by atoms with van der Waals surface area (Å²) in [5.74, 6) is 2.59. The van der Waals surface area contributed by atoms with Gasteiger partial charge in [0.25, 0.3) is 0 Å². The number of hydrogen-bond donors (Lipinski definition) is 4. The second-order valence-electron chi connectivity index (χ2n) is 7.21. The first-order valence-electron chi connectivity index (χ1n) is 8.59. The predicted molar refractivity (Wildman–Crippen MR) is 92.7 cm³/mol. The fourth-order valence-electron chi connectivity index (χ4n) is 2.96. The quantitative estimate of drug-likeness (QED) is 0.538. The molecule has 9 nitrogen and oxygen atoms in total. The second kappa shape index (κ2) is 5.16. The molecule has 0 aromatic carbocycles. The molecule has 0 radical (unpaired) electrons. The summed E-state index contributed by atoms with van der Waals surface area (Å²) >= 11 is 0. The molecule has 9 heteroatoms. The molecule has 0 saturated heterocycles. The first kappa shape index (κ1) is 14.6. The van der Waals surface area contributed by atoms with Crippen LogP contribution >= 0.6 is 0 Å². The molecule has 0 spiro atoms. The number of aliphatic hydroxyl groups is 1. The molecule has 3 heterocycles. The van der Waals surface area contributed by atoms with E-state index >= 15 is 0 Å². The molecule has 0 aliphatic heterocycles. The number of aliphatic hydroxyl groups excluding tert-OH is 1. The van der Waals surface area contributed by atoms with E-state index in [-0.39, 0.29) is 11.6 Å². The van der Waals surface area contributed by atoms with E-state index in [1.54, 1.807) is 10.9 Å². The van der Waals surface area contributed by atoms with Gasteiger partial charge in [0.05, 0.1) is 23.2 Å². The van der Waals surface area contributed by atoms with Crippen LogP contribution in [0, 0.1) is 5.92 Å². The molecule has 0 amide bonds. The van der Waals surface area contributed by atoms with Gasteiger partial charge in [0.15, 0.2) is 5.82 Å². The van der Waals surface area contributed by atoms with Crippen molar-refractivity contribution in [3.05, 3.63) is 18.5 Å². The molecule has 2 fully saturated rings. The van der Waals surface area contributed by atoms with Crippen LogP contribution in [0.15, 0.2) is 18.5 Å². The van der Waals surface area contributed by atoms with Crippen molar-refractivity contribution in [3.63, 3.8) is 0 Å². The van der Waals surface area contributed by atoms with Crippen molar-refractivity contribution in [1.82, 2.24) is 29.9 Å². The van der Waals surface area contributed by atoms with Crippen LogP contribution in [0.1, 0.15) is 26.2 Å². The normalized spacial score (nSPS) is 25.3. The summed E-state index contributed by atoms with van der Waals surface area (Å²) in [6, 6.07) is 1.97. The van der Waals surface area contributed by atoms with E-state index in [0.717, 1.165) is 29.3 Å². The molecule has 5 rings (SSSR count). The Morgan fingerprint density at radius 1 is 1.40 bits per heavy atom. The number of aromatic amines is 1. The molecule has 4 N–H and O–H groups in total. The zero-order valence-electron chi connectivity index (χ0n) is 13.9. The van der Waals surface area contributed by atoms with E-state index in [2.05, 4.69) is 35.9 Å². The van der Waals surface area contributed by atoms with Crippen molar-refractivity contribution in [2.24, 2.45) is 5.92 Å². The fourth-order valence-corrected chi connectivity index (χ4v) is 2.96. The summed E-state index contributed by atoms with van der Waals surface area (Å²) in [7, 11) is 0. The number of nitrogens with zero attached hydrogens (tertiary/aromatic N) is 5. The summed E-state index contributed by atoms with van der Waals surface area (Å²) in [6.45, 7) is 2.89. The monoisotopic (exact) mass is 340 g/mol. The van der Waals surface area contributed by atoms with Crippen molar-refractivity contribution >= 4 is 28.6 Å². The number of hydrogen-bond acceptors (Lipinski definition) is 7. The van der Waals surface area contributed by atoms with Crippen LogP contribution < -0.4 is 10.6 Å². The zero-order valence-corrected chi connectivity index (χ0v) is 13.9. The third-order valence-corrected chi connectivity index (χ3v) is 5.09. The second-order valence-corrected chi connectivity index (χ2v) is 7.21. The zero-order chi connectivity index (χ0) is 17.0. The van der Waals surface area contributed by atoms with Crippen LogP contribution in [0.5, 0.6) is 0 Å². The molecular formula is C16H20N8O. The Hall–Kier alpha value is -2.68. The van der Waals surface area contributed by atoms with Crippen LogP contribution in [0.3, 0.4) is 0 Å². The molecule has 3 aromatic rings. The molecule has 2 aliphatic carbocycles. The maximum absolute atomic E-state index is 9.73. The average molecular weight is 340 g/mol. The predicted octanol–water partition coefficient (Wildman–Crippen LogP) is 1.59. The third-order valence-electron chi connectivity index (χ3n) is 5.09. The minimum atomic E-state index is -0.369. The van der Waals surface area contributed by atoms with E-state index in [1.165, 1.54) is 12.8 Å². The molecule has 3 aromatic heterocycles. The van der Waals surface area contributed by atoms with E-state index < -0.39 is 0 Å². The Labute approximate surface area is 143 Å². The van der Waals surface area contributed by atoms with Gasteiger partial charge in [-0.3, -0.25) is 0 Å². The van der Waals surface area contributed by atoms with Crippen LogP contribution in [0.2, 0.25) is 0 Å². The molecule has 2 aliphatic rings. The van der Waals surface area contributed by atoms with E-state index in [9.17, 15) is 5.11 Å². The highest BCUT2D eigenvalue weighted by atomic mass is 16.3. The molecule has 2 unspecified atom stereocenters. The Bertz CT molecular complexity index is 929. The van der Waals surface area contributed by atoms with Gasteiger partial charge in [-0.05, 0) is 31.7 Å². The smallest absolute Gasteiger partial charge is 0.232 e. The highest BCUT2D eigenvalue weighted by molar-refractivity contribution is 5.88. The topological polar surface area (TPSA) is 117 Å². The highest BCUT2D eigenvalue weighted by Gasteiger charge is 2.52. The maximum Gasteiger partial charge on any atom is 0.232 e. The van der Waals surface area contributed by atoms with Crippen molar-refractivity contribution in [3.8, 4) is 0 Å². The molecule has 130 valence electrons. The van der Waals surface area contributed by atoms with Crippen molar-refractivity contribution < 1.29 is 5.11 Å². The lowest BCUT2D eigenvalue weighted by atomic mass is 10.3. The van der Waals surface area contributed by atoms with Gasteiger partial charge < -0.3 is 20.7 Å². The lowest BCUT2D eigenvalue weighted by Gasteiger charge is -2.09. The van der Waals surface area contributed by atoms with Crippen LogP contribution in [-0.4, -0.2) is 47.7 Å². The van der Waals surface area contributed by atoms with Crippen LogP contribution in [0.25, 0.3) is 11.0 Å². The Morgan fingerprint density at radius 3 is 3.00 bits per heavy atom. The van der Waals surface area contributed by atoms with Gasteiger partial charge in [-0.25, -0.2) is 4.68 Å². The van der Waals surface area contributed by atoms with Crippen molar-refractivity contribution in [1.29, 1.82) is 0 Å². The van der Waals surface area contributed by atoms with Gasteiger partial charge >= 0.3 is 0 Å². The maximum atomic E-state index is 9.73. The van der Waals surface area contributed by atoms with Crippen molar-refractivity contribution in [2.75, 3.05) is 17.2 Å². The van der Waals surface area contributed by atoms with Gasteiger partial charge in [0.2, 0.25) is 5.95 Å². The Morgan fingerprint density at radius 2 is 2.24 bits per heavy atom. The molecule has 25 heavy (non-hydrogen) atoms. The first-order chi connectivity index (χ1) is 12.1. The molecule has 2 saturated carbocycles. The highest BCUT2D eigenvalue weighted by Crippen LogP contribution is 2.42. The van der Waals surface area contributed by atoms with Gasteiger partial charge in [-0.15, -0.1) is 5.10 Å². The Kier molecular flexibility index (Phi) is 3.02. The van der Waals surface area contributed by atoms with Gasteiger partial charge in [-0.2, -0.15) is 9.97 Å². The first-order valence-corrected chi connectivity index (χ1v) is 8.59. The summed E-state index contributed by atoms with van der Waals surface area (Å²) in [6.07, 6.45) is 6.52. The number of fused-ring (bicyclic) bond motifs is 1. The number of H-pyrrole nitrogens is 1. The summed E-state index contributed by atoms with van der Waals surface area (Å²) in [5, 5.41) is 25.5. The summed E-state index contributed by atoms with van der Waals surface area (Å²) < 4.78 is 1.69. The molecular weight excluding hydrogens is 320 g/mol. The average Bonchev–Trinajstić information content (AvgIpc) is 3.37. The van der Waals surface area contributed by atoms with E-state index in [1.807, 2.05) is 19.2 Å². The van der Waals surface area contributed by atoms with Crippen molar-refractivity contribution in [2.45, 2.75) is 37.8 Å². The standard InChI is InChI=1S/C16H20N8O/c1-16(6-11(16)25)24-8-12(22-23-24)19-15-20-13-10(4-5-17-13)14(21-15)18-7-9-2-3-9/h4-5,8-9,11,25H,2-3,6-7H2,1H3,(H3,17,18,19,20,21). The lowest BCUT2D eigenvalue weighted by molar-refractivity contribution is 0.219. The minimum absolute atomic E-state index is 0.353. The van der Waals surface area contributed by atoms with E-state index in [4.69, 9.17) is 0 Å².